The van der Waals surface area contributed by atoms with Crippen molar-refractivity contribution >= 4 is 33.7 Å². The summed E-state index contributed by atoms with van der Waals surface area (Å²) in [7, 11) is 0. The Balaban J connectivity index is 1.69. The molecule has 1 aromatic carbocycles. The minimum Gasteiger partial charge on any atom is -0.390 e. The van der Waals surface area contributed by atoms with Crippen LogP contribution in [0.3, 0.4) is 0 Å². The molecule has 0 bridgehead atoms. The lowest BCUT2D eigenvalue weighted by molar-refractivity contribution is 0.103. The summed E-state index contributed by atoms with van der Waals surface area (Å²) in [6.45, 7) is 0. The van der Waals surface area contributed by atoms with Gasteiger partial charge < -0.3 is 5.73 Å². The highest BCUT2D eigenvalue weighted by molar-refractivity contribution is 7.16. The number of benzene rings is 1. The summed E-state index contributed by atoms with van der Waals surface area (Å²) in [5, 5.41) is 5.60. The molecule has 3 aromatic rings. The number of ketones is 1. The number of nitrogens with zero attached hydrogens (tertiary/aromatic N) is 2. The Kier molecular flexibility index (Phi) is 3.90. The Morgan fingerprint density at radius 1 is 1.21 bits per heavy atom. The Morgan fingerprint density at radius 2 is 1.96 bits per heavy atom. The first-order chi connectivity index (χ1) is 11.6. The third-order valence-electron chi connectivity index (χ3n) is 4.36. The molecule has 2 aromatic heterocycles. The van der Waals surface area contributed by atoms with Crippen LogP contribution in [0, 0.1) is 0 Å². The first kappa shape index (κ1) is 15.4. The van der Waals surface area contributed by atoms with Gasteiger partial charge in [0.1, 0.15) is 0 Å². The first-order valence-electron chi connectivity index (χ1n) is 7.89. The van der Waals surface area contributed by atoms with Gasteiger partial charge in [-0.3, -0.25) is 4.79 Å². The van der Waals surface area contributed by atoms with Crippen molar-refractivity contribution in [2.75, 3.05) is 5.73 Å². The van der Waals surface area contributed by atoms with E-state index in [1.54, 1.807) is 40.5 Å². The molecule has 6 heteroatoms. The standard InChI is InChI=1S/C18H16ClN3OS/c19-12-5-7-13(8-6-12)22-10-11(9-21-22)17(23)16-14-3-1-2-4-15(14)24-18(16)20/h5-10H,1-4,20H2. The molecule has 2 N–H and O–H groups in total. The van der Waals surface area contributed by atoms with Crippen molar-refractivity contribution in [2.24, 2.45) is 0 Å². The van der Waals surface area contributed by atoms with Crippen LogP contribution in [0.2, 0.25) is 5.02 Å². The van der Waals surface area contributed by atoms with E-state index in [-0.39, 0.29) is 5.78 Å². The van der Waals surface area contributed by atoms with Crippen molar-refractivity contribution in [3.63, 3.8) is 0 Å². The molecule has 0 spiro atoms. The molecule has 0 fully saturated rings. The number of nitrogen functional groups attached to an aromatic ring is 1. The Bertz CT molecular complexity index is 911. The third kappa shape index (κ3) is 2.64. The highest BCUT2D eigenvalue weighted by atomic mass is 35.5. The molecule has 122 valence electrons. The normalized spacial score (nSPS) is 13.7. The molecule has 0 saturated heterocycles. The monoisotopic (exact) mass is 357 g/mol. The lowest BCUT2D eigenvalue weighted by Crippen LogP contribution is -2.08. The number of halogens is 1. The van der Waals surface area contributed by atoms with E-state index in [0.29, 0.717) is 21.2 Å². The number of aryl methyl sites for hydroxylation is 1. The zero-order valence-corrected chi connectivity index (χ0v) is 14.5. The SMILES string of the molecule is Nc1sc2c(c1C(=O)c1cnn(-c3ccc(Cl)cc3)c1)CCCC2. The second-order valence-electron chi connectivity index (χ2n) is 5.93. The van der Waals surface area contributed by atoms with Gasteiger partial charge in [0.25, 0.3) is 0 Å². The molecule has 4 nitrogen and oxygen atoms in total. The van der Waals surface area contributed by atoms with Crippen LogP contribution < -0.4 is 5.73 Å². The average molecular weight is 358 g/mol. The van der Waals surface area contributed by atoms with Crippen LogP contribution >= 0.6 is 22.9 Å². The molecular weight excluding hydrogens is 342 g/mol. The Labute approximate surface area is 148 Å². The summed E-state index contributed by atoms with van der Waals surface area (Å²) in [4.78, 5) is 14.2. The van der Waals surface area contributed by atoms with Gasteiger partial charge in [0, 0.05) is 16.1 Å². The molecule has 0 radical (unpaired) electrons. The molecule has 1 aliphatic rings. The number of rotatable bonds is 3. The minimum atomic E-state index is -0.0351. The van der Waals surface area contributed by atoms with Crippen molar-refractivity contribution in [1.82, 2.24) is 9.78 Å². The Morgan fingerprint density at radius 3 is 2.75 bits per heavy atom. The molecule has 0 aliphatic heterocycles. The number of hydrogen-bond donors (Lipinski definition) is 1. The van der Waals surface area contributed by atoms with Gasteiger partial charge in [0.05, 0.1) is 28.0 Å². The van der Waals surface area contributed by atoms with Crippen LogP contribution in [0.5, 0.6) is 0 Å². The molecule has 0 unspecified atom stereocenters. The van der Waals surface area contributed by atoms with Crippen molar-refractivity contribution in [2.45, 2.75) is 25.7 Å². The summed E-state index contributed by atoms with van der Waals surface area (Å²) in [6.07, 6.45) is 7.61. The van der Waals surface area contributed by atoms with Gasteiger partial charge in [0.15, 0.2) is 5.78 Å². The fourth-order valence-corrected chi connectivity index (χ4v) is 4.44. The van der Waals surface area contributed by atoms with Crippen LogP contribution in [-0.4, -0.2) is 15.6 Å². The predicted octanol–water partition coefficient (Wildman–Crippen LogP) is 4.28. The van der Waals surface area contributed by atoms with E-state index in [9.17, 15) is 4.79 Å². The summed E-state index contributed by atoms with van der Waals surface area (Å²) in [6, 6.07) is 7.33. The van der Waals surface area contributed by atoms with E-state index in [1.165, 1.54) is 11.3 Å². The van der Waals surface area contributed by atoms with Gasteiger partial charge in [-0.1, -0.05) is 11.6 Å². The number of anilines is 1. The third-order valence-corrected chi connectivity index (χ3v) is 5.73. The maximum atomic E-state index is 13.0. The largest absolute Gasteiger partial charge is 0.390 e. The van der Waals surface area contributed by atoms with E-state index >= 15 is 0 Å². The van der Waals surface area contributed by atoms with Gasteiger partial charge >= 0.3 is 0 Å². The zero-order chi connectivity index (χ0) is 16.7. The van der Waals surface area contributed by atoms with Crippen LogP contribution in [0.4, 0.5) is 5.00 Å². The number of aromatic nitrogens is 2. The number of hydrogen-bond acceptors (Lipinski definition) is 4. The molecule has 24 heavy (non-hydrogen) atoms. The quantitative estimate of drug-likeness (QED) is 0.712. The second-order valence-corrected chi connectivity index (χ2v) is 7.50. The molecule has 0 amide bonds. The number of carbonyl (C=O) groups is 1. The number of carbonyl (C=O) groups excluding carboxylic acids is 1. The predicted molar refractivity (Wildman–Crippen MR) is 97.4 cm³/mol. The first-order valence-corrected chi connectivity index (χ1v) is 9.08. The second kappa shape index (κ2) is 6.07. The summed E-state index contributed by atoms with van der Waals surface area (Å²) >= 11 is 7.47. The molecule has 1 aliphatic carbocycles. The van der Waals surface area contributed by atoms with Crippen molar-refractivity contribution < 1.29 is 4.79 Å². The van der Waals surface area contributed by atoms with E-state index in [4.69, 9.17) is 17.3 Å². The lowest BCUT2D eigenvalue weighted by Gasteiger charge is -2.11. The van der Waals surface area contributed by atoms with E-state index in [1.807, 2.05) is 12.1 Å². The van der Waals surface area contributed by atoms with Crippen LogP contribution in [-0.2, 0) is 12.8 Å². The van der Waals surface area contributed by atoms with Gasteiger partial charge in [-0.2, -0.15) is 5.10 Å². The molecule has 4 rings (SSSR count). The maximum absolute atomic E-state index is 13.0. The van der Waals surface area contributed by atoms with Crippen LogP contribution in [0.25, 0.3) is 5.69 Å². The summed E-state index contributed by atoms with van der Waals surface area (Å²) in [5.74, 6) is -0.0351. The molecule has 0 saturated carbocycles. The minimum absolute atomic E-state index is 0.0351. The maximum Gasteiger partial charge on any atom is 0.199 e. The molecule has 0 atom stereocenters. The van der Waals surface area contributed by atoms with Crippen LogP contribution in [0.1, 0.15) is 39.2 Å². The van der Waals surface area contributed by atoms with E-state index in [2.05, 4.69) is 5.10 Å². The highest BCUT2D eigenvalue weighted by Crippen LogP contribution is 2.37. The molecule has 2 heterocycles. The topological polar surface area (TPSA) is 60.9 Å². The van der Waals surface area contributed by atoms with Crippen molar-refractivity contribution in [1.29, 1.82) is 0 Å². The summed E-state index contributed by atoms with van der Waals surface area (Å²) < 4.78 is 1.68. The highest BCUT2D eigenvalue weighted by Gasteiger charge is 2.25. The van der Waals surface area contributed by atoms with Gasteiger partial charge in [-0.05, 0) is 55.5 Å². The fourth-order valence-electron chi connectivity index (χ4n) is 3.16. The van der Waals surface area contributed by atoms with Gasteiger partial charge in [-0.15, -0.1) is 11.3 Å². The van der Waals surface area contributed by atoms with E-state index < -0.39 is 0 Å². The lowest BCUT2D eigenvalue weighted by atomic mass is 9.92. The number of fused-ring (bicyclic) bond motifs is 1. The number of nitrogens with two attached hydrogens (primary N) is 1. The van der Waals surface area contributed by atoms with Gasteiger partial charge in [-0.25, -0.2) is 4.68 Å². The van der Waals surface area contributed by atoms with Crippen molar-refractivity contribution in [3.05, 3.63) is 63.2 Å². The van der Waals surface area contributed by atoms with E-state index in [0.717, 1.165) is 30.5 Å². The zero-order valence-electron chi connectivity index (χ0n) is 13.0. The smallest absolute Gasteiger partial charge is 0.199 e. The average Bonchev–Trinajstić information content (AvgIpc) is 3.19. The summed E-state index contributed by atoms with van der Waals surface area (Å²) in [5.41, 5.74) is 9.40. The van der Waals surface area contributed by atoms with Crippen LogP contribution in [0.15, 0.2) is 36.7 Å². The molecular formula is C18H16ClN3OS. The van der Waals surface area contributed by atoms with Crippen molar-refractivity contribution in [3.8, 4) is 5.69 Å². The fraction of sp³-hybridized carbons (Fsp3) is 0.222. The number of thiophene rings is 1. The van der Waals surface area contributed by atoms with Gasteiger partial charge in [0.2, 0.25) is 0 Å². The Hall–Kier alpha value is -2.11.